The van der Waals surface area contributed by atoms with Gasteiger partial charge in [-0.2, -0.15) is 0 Å². The number of hydrogen-bond donors (Lipinski definition) is 1. The van der Waals surface area contributed by atoms with Gasteiger partial charge < -0.3 is 5.73 Å². The highest BCUT2D eigenvalue weighted by atomic mass is 32.1. The van der Waals surface area contributed by atoms with E-state index in [0.29, 0.717) is 6.54 Å². The van der Waals surface area contributed by atoms with E-state index in [1.54, 1.807) is 11.3 Å². The maximum Gasteiger partial charge on any atom is 0.107 e. The number of hydrogen-bond acceptors (Lipinski definition) is 3. The number of rotatable bonds is 4. The minimum absolute atomic E-state index is 0.498. The second kappa shape index (κ2) is 6.20. The van der Waals surface area contributed by atoms with Crippen LogP contribution >= 0.6 is 11.3 Å². The van der Waals surface area contributed by atoms with Crippen LogP contribution < -0.4 is 5.73 Å². The van der Waals surface area contributed by atoms with E-state index in [9.17, 15) is 0 Å². The van der Waals surface area contributed by atoms with Crippen molar-refractivity contribution in [2.45, 2.75) is 19.9 Å². The molecule has 3 rings (SSSR count). The summed E-state index contributed by atoms with van der Waals surface area (Å²) in [4.78, 5) is 6.00. The van der Waals surface area contributed by atoms with E-state index in [1.807, 2.05) is 6.07 Å². The molecule has 1 heterocycles. The van der Waals surface area contributed by atoms with Gasteiger partial charge in [-0.25, -0.2) is 4.98 Å². The molecule has 2 nitrogen and oxygen atoms in total. The van der Waals surface area contributed by atoms with Gasteiger partial charge >= 0.3 is 0 Å². The van der Waals surface area contributed by atoms with Crippen molar-refractivity contribution >= 4 is 11.3 Å². The molecule has 106 valence electrons. The van der Waals surface area contributed by atoms with Crippen molar-refractivity contribution in [3.63, 3.8) is 0 Å². The number of thiazole rings is 1. The molecular weight excluding hydrogens is 276 g/mol. The molecule has 0 saturated carbocycles. The fourth-order valence-corrected chi connectivity index (χ4v) is 3.33. The quantitative estimate of drug-likeness (QED) is 0.784. The van der Waals surface area contributed by atoms with E-state index in [-0.39, 0.29) is 0 Å². The molecule has 0 unspecified atom stereocenters. The Kier molecular flexibility index (Phi) is 4.13. The molecule has 0 atom stereocenters. The summed E-state index contributed by atoms with van der Waals surface area (Å²) in [5.41, 5.74) is 10.6. The molecule has 2 N–H and O–H groups in total. The zero-order valence-electron chi connectivity index (χ0n) is 12.0. The van der Waals surface area contributed by atoms with Crippen LogP contribution in [-0.2, 0) is 13.0 Å². The van der Waals surface area contributed by atoms with E-state index in [2.05, 4.69) is 55.5 Å². The van der Waals surface area contributed by atoms with Crippen molar-refractivity contribution in [1.82, 2.24) is 4.98 Å². The Balaban J connectivity index is 1.99. The highest BCUT2D eigenvalue weighted by Crippen LogP contribution is 2.30. The van der Waals surface area contributed by atoms with Crippen LogP contribution in [0.1, 0.15) is 21.0 Å². The smallest absolute Gasteiger partial charge is 0.107 e. The van der Waals surface area contributed by atoms with Crippen LogP contribution in [0, 0.1) is 6.92 Å². The molecule has 21 heavy (non-hydrogen) atoms. The first-order chi connectivity index (χ1) is 10.3. The molecule has 0 aliphatic heterocycles. The van der Waals surface area contributed by atoms with Crippen molar-refractivity contribution in [3.8, 4) is 11.3 Å². The van der Waals surface area contributed by atoms with Crippen molar-refractivity contribution in [2.24, 2.45) is 5.73 Å². The van der Waals surface area contributed by atoms with E-state index < -0.39 is 0 Å². The van der Waals surface area contributed by atoms with Gasteiger partial charge in [-0.15, -0.1) is 11.3 Å². The molecular formula is C18H18N2S. The van der Waals surface area contributed by atoms with Gasteiger partial charge in [0.05, 0.1) is 5.69 Å². The Morgan fingerprint density at radius 2 is 1.71 bits per heavy atom. The molecule has 1 aromatic heterocycles. The summed E-state index contributed by atoms with van der Waals surface area (Å²) in [5, 5.41) is 0.997. The minimum atomic E-state index is 0.498. The lowest BCUT2D eigenvalue weighted by Crippen LogP contribution is -1.94. The Bertz CT molecular complexity index is 715. The third kappa shape index (κ3) is 3.20. The first kappa shape index (κ1) is 14.0. The van der Waals surface area contributed by atoms with E-state index in [1.165, 1.54) is 21.6 Å². The van der Waals surface area contributed by atoms with Crippen molar-refractivity contribution < 1.29 is 0 Å². The lowest BCUT2D eigenvalue weighted by molar-refractivity contribution is 1.04. The van der Waals surface area contributed by atoms with Gasteiger partial charge in [-0.05, 0) is 12.5 Å². The van der Waals surface area contributed by atoms with Gasteiger partial charge in [0.2, 0.25) is 0 Å². The van der Waals surface area contributed by atoms with E-state index >= 15 is 0 Å². The maximum atomic E-state index is 5.78. The standard InChI is InChI=1S/C18H18N2S/c1-13-7-9-15(10-8-13)18-16(21-17(12-19)20-18)11-14-5-3-2-4-6-14/h2-10H,11-12,19H2,1H3. The molecule has 0 aliphatic carbocycles. The average molecular weight is 294 g/mol. The van der Waals surface area contributed by atoms with Crippen LogP contribution in [0.2, 0.25) is 0 Å². The summed E-state index contributed by atoms with van der Waals surface area (Å²) in [5.74, 6) is 0. The summed E-state index contributed by atoms with van der Waals surface area (Å²) in [6, 6.07) is 19.0. The Morgan fingerprint density at radius 1 is 1.00 bits per heavy atom. The van der Waals surface area contributed by atoms with Crippen LogP contribution in [0.15, 0.2) is 54.6 Å². The van der Waals surface area contributed by atoms with Gasteiger partial charge in [0, 0.05) is 23.4 Å². The van der Waals surface area contributed by atoms with Gasteiger partial charge in [-0.3, -0.25) is 0 Å². The summed E-state index contributed by atoms with van der Waals surface area (Å²) >= 11 is 1.72. The minimum Gasteiger partial charge on any atom is -0.325 e. The second-order valence-electron chi connectivity index (χ2n) is 5.11. The molecule has 2 aromatic carbocycles. The van der Waals surface area contributed by atoms with Crippen LogP contribution in [-0.4, -0.2) is 4.98 Å². The number of benzene rings is 2. The monoisotopic (exact) mass is 294 g/mol. The topological polar surface area (TPSA) is 38.9 Å². The van der Waals surface area contributed by atoms with Gasteiger partial charge in [0.15, 0.2) is 0 Å². The second-order valence-corrected chi connectivity index (χ2v) is 6.28. The molecule has 0 spiro atoms. The average Bonchev–Trinajstić information content (AvgIpc) is 2.92. The predicted molar refractivity (Wildman–Crippen MR) is 89.4 cm³/mol. The Morgan fingerprint density at radius 3 is 2.38 bits per heavy atom. The Labute approximate surface area is 129 Å². The van der Waals surface area contributed by atoms with Gasteiger partial charge in [-0.1, -0.05) is 60.2 Å². The maximum absolute atomic E-state index is 5.78. The van der Waals surface area contributed by atoms with Gasteiger partial charge in [0.1, 0.15) is 5.01 Å². The van der Waals surface area contributed by atoms with Gasteiger partial charge in [0.25, 0.3) is 0 Å². The van der Waals surface area contributed by atoms with Crippen LogP contribution in [0.25, 0.3) is 11.3 Å². The third-order valence-corrected chi connectivity index (χ3v) is 4.53. The first-order valence-corrected chi connectivity index (χ1v) is 7.87. The lowest BCUT2D eigenvalue weighted by atomic mass is 10.1. The van der Waals surface area contributed by atoms with Crippen LogP contribution in [0.5, 0.6) is 0 Å². The fraction of sp³-hybridized carbons (Fsp3) is 0.167. The molecule has 0 saturated heterocycles. The predicted octanol–water partition coefficient (Wildman–Crippen LogP) is 4.17. The third-order valence-electron chi connectivity index (χ3n) is 3.45. The first-order valence-electron chi connectivity index (χ1n) is 7.06. The number of nitrogens with zero attached hydrogens (tertiary/aromatic N) is 1. The molecule has 0 amide bonds. The normalized spacial score (nSPS) is 10.8. The van der Waals surface area contributed by atoms with Crippen molar-refractivity contribution in [3.05, 3.63) is 75.6 Å². The summed E-state index contributed by atoms with van der Waals surface area (Å²) in [7, 11) is 0. The van der Waals surface area contributed by atoms with Crippen LogP contribution in [0.4, 0.5) is 0 Å². The SMILES string of the molecule is Cc1ccc(-c2nc(CN)sc2Cc2ccccc2)cc1. The molecule has 0 aliphatic rings. The molecule has 0 fully saturated rings. The molecule has 3 heteroatoms. The highest BCUT2D eigenvalue weighted by molar-refractivity contribution is 7.12. The molecule has 0 radical (unpaired) electrons. The number of aryl methyl sites for hydroxylation is 1. The van der Waals surface area contributed by atoms with Crippen LogP contribution in [0.3, 0.4) is 0 Å². The summed E-state index contributed by atoms with van der Waals surface area (Å²) in [6.45, 7) is 2.60. The summed E-state index contributed by atoms with van der Waals surface area (Å²) in [6.07, 6.45) is 0.904. The number of aromatic nitrogens is 1. The Hall–Kier alpha value is -1.97. The molecule has 0 bridgehead atoms. The largest absolute Gasteiger partial charge is 0.325 e. The zero-order chi connectivity index (χ0) is 14.7. The summed E-state index contributed by atoms with van der Waals surface area (Å²) < 4.78 is 0. The van der Waals surface area contributed by atoms with Crippen molar-refractivity contribution in [1.29, 1.82) is 0 Å². The van der Waals surface area contributed by atoms with Crippen molar-refractivity contribution in [2.75, 3.05) is 0 Å². The zero-order valence-corrected chi connectivity index (χ0v) is 12.9. The van der Waals surface area contributed by atoms with E-state index in [0.717, 1.165) is 17.1 Å². The lowest BCUT2D eigenvalue weighted by Gasteiger charge is -2.03. The molecule has 3 aromatic rings. The fourth-order valence-electron chi connectivity index (χ4n) is 2.33. The van der Waals surface area contributed by atoms with E-state index in [4.69, 9.17) is 10.7 Å². The highest BCUT2D eigenvalue weighted by Gasteiger charge is 2.12. The number of nitrogens with two attached hydrogens (primary N) is 1.